The summed E-state index contributed by atoms with van der Waals surface area (Å²) < 4.78 is 0.151. The number of halogens is 2. The van der Waals surface area contributed by atoms with Crippen LogP contribution in [0.5, 0.6) is 0 Å². The summed E-state index contributed by atoms with van der Waals surface area (Å²) in [6.45, 7) is 33.3. The number of benzene rings is 4. The van der Waals surface area contributed by atoms with Crippen LogP contribution in [0.2, 0.25) is 13.1 Å². The zero-order valence-electron chi connectivity index (χ0n) is 38.5. The Hall–Kier alpha value is -1.96. The van der Waals surface area contributed by atoms with Crippen molar-refractivity contribution in [1.29, 1.82) is 0 Å². The Labute approximate surface area is 363 Å². The molecule has 0 nitrogen and oxygen atoms in total. The molecular weight excluding hydrogens is 839 g/mol. The number of hydrogen-bond acceptors (Lipinski definition) is 0. The van der Waals surface area contributed by atoms with Crippen LogP contribution in [0.1, 0.15) is 185 Å². The van der Waals surface area contributed by atoms with E-state index in [-0.39, 0.29) is 18.1 Å². The van der Waals surface area contributed by atoms with E-state index in [1.807, 2.05) is 0 Å². The first-order chi connectivity index (χ1) is 27.2. The molecule has 2 atom stereocenters. The topological polar surface area (TPSA) is 0 Å². The molecule has 2 aliphatic carbocycles. The monoisotopic (exact) mass is 909 g/mol. The fourth-order valence-electron chi connectivity index (χ4n) is 10.6. The fourth-order valence-corrected chi connectivity index (χ4v) is 42.1. The van der Waals surface area contributed by atoms with Crippen molar-refractivity contribution >= 4 is 35.1 Å². The second-order valence-electron chi connectivity index (χ2n) is 20.9. The molecule has 0 aliphatic heterocycles. The average molecular weight is 912 g/mol. The molecule has 0 amide bonds. The summed E-state index contributed by atoms with van der Waals surface area (Å²) in [4.78, 5) is 0. The van der Waals surface area contributed by atoms with Gasteiger partial charge in [-0.05, 0) is 0 Å². The van der Waals surface area contributed by atoms with Crippen LogP contribution in [0, 0.1) is 0 Å². The minimum absolute atomic E-state index is 0.0371. The van der Waals surface area contributed by atoms with Gasteiger partial charge in [0.2, 0.25) is 0 Å². The average Bonchev–Trinajstić information content (AvgIpc) is 3.74. The fraction of sp³-hybridized carbons (Fsp3) is 0.481. The van der Waals surface area contributed by atoms with Gasteiger partial charge in [-0.3, -0.25) is 0 Å². The standard InChI is InChI=1S/2C26H33.C2H7Si.2ClH.Zr/c2*1-7-8-11-19-16-20-14-15-24(26(4,5)6)25(23(20)17-19)22-13-10-9-12-21(22)18(2)3;1-3-2;;;/h2*9-10,12-18H,7-8,11H2,1-6H3;3H,1-2H3;2*1H;/q;;;;;+2/p-2. The van der Waals surface area contributed by atoms with E-state index in [0.29, 0.717) is 11.8 Å². The van der Waals surface area contributed by atoms with Crippen LogP contribution in [0.15, 0.2) is 83.9 Å². The van der Waals surface area contributed by atoms with Crippen LogP contribution in [0.4, 0.5) is 0 Å². The zero-order chi connectivity index (χ0) is 42.6. The third-order valence-corrected chi connectivity index (χ3v) is 65.6. The van der Waals surface area contributed by atoms with Gasteiger partial charge in [0.05, 0.1) is 0 Å². The Balaban J connectivity index is 1.72. The van der Waals surface area contributed by atoms with Crippen LogP contribution in [0.25, 0.3) is 34.4 Å². The summed E-state index contributed by atoms with van der Waals surface area (Å²) in [5.74, 6) is -0.936. The molecule has 4 aromatic carbocycles. The van der Waals surface area contributed by atoms with Crippen molar-refractivity contribution in [3.63, 3.8) is 0 Å². The second kappa shape index (κ2) is 17.1. The number of allylic oxidation sites excluding steroid dienone is 2. The van der Waals surface area contributed by atoms with Crippen molar-refractivity contribution in [3.8, 4) is 22.3 Å². The maximum absolute atomic E-state index is 9.12. The minimum atomic E-state index is -5.07. The predicted molar refractivity (Wildman–Crippen MR) is 260 cm³/mol. The quantitative estimate of drug-likeness (QED) is 0.117. The summed E-state index contributed by atoms with van der Waals surface area (Å²) >= 11 is -5.07. The Morgan fingerprint density at radius 2 is 0.931 bits per heavy atom. The maximum atomic E-state index is 9.12. The summed E-state index contributed by atoms with van der Waals surface area (Å²) in [7, 11) is 18.2. The molecule has 0 radical (unpaired) electrons. The van der Waals surface area contributed by atoms with E-state index in [0.717, 1.165) is 38.5 Å². The normalized spacial score (nSPS) is 17.7. The molecule has 0 saturated carbocycles. The molecule has 4 heteroatoms. The van der Waals surface area contributed by atoms with Crippen LogP contribution in [-0.4, -0.2) is 5.92 Å². The Morgan fingerprint density at radius 3 is 1.24 bits per heavy atom. The molecule has 6 rings (SSSR count). The van der Waals surface area contributed by atoms with Gasteiger partial charge in [0.25, 0.3) is 0 Å². The van der Waals surface area contributed by atoms with Crippen molar-refractivity contribution in [3.05, 3.63) is 128 Å². The summed E-state index contributed by atoms with van der Waals surface area (Å²) in [6.07, 6.45) is 11.9. The van der Waals surface area contributed by atoms with Gasteiger partial charge in [-0.2, -0.15) is 0 Å². The van der Waals surface area contributed by atoms with Gasteiger partial charge in [-0.1, -0.05) is 0 Å². The number of fused-ring (bicyclic) bond motifs is 2. The van der Waals surface area contributed by atoms with E-state index < -0.39 is 21.5 Å². The summed E-state index contributed by atoms with van der Waals surface area (Å²) in [6, 6.07) is 28.2. The van der Waals surface area contributed by atoms with Gasteiger partial charge in [-0.25, -0.2) is 0 Å². The first kappa shape index (κ1) is 45.6. The van der Waals surface area contributed by atoms with E-state index in [4.69, 9.17) is 17.0 Å². The Kier molecular flexibility index (Phi) is 13.4. The van der Waals surface area contributed by atoms with Crippen LogP contribution in [-0.2, 0) is 26.4 Å². The van der Waals surface area contributed by atoms with Crippen LogP contribution in [0.3, 0.4) is 0 Å². The SMILES string of the molecule is CCCCC1=Cc2c(ccc(C(C)(C)C)c2-c2ccccc2C(C)C)[CH]1[Zr]([Cl])([Cl])([CH]1C(CCCC)=Cc2c1ccc(C(C)(C)C)c2-c1ccccc1C(C)C)[SiH](C)C. The third kappa shape index (κ3) is 7.98. The molecule has 58 heavy (non-hydrogen) atoms. The zero-order valence-corrected chi connectivity index (χ0v) is 43.6. The molecule has 0 spiro atoms. The first-order valence-corrected chi connectivity index (χ1v) is 39.0. The second-order valence-corrected chi connectivity index (χ2v) is 63.4. The van der Waals surface area contributed by atoms with Gasteiger partial charge in [0.15, 0.2) is 0 Å². The summed E-state index contributed by atoms with van der Waals surface area (Å²) in [5.41, 5.74) is 19.7. The molecule has 2 aliphatic rings. The molecule has 0 fully saturated rings. The van der Waals surface area contributed by atoms with Gasteiger partial charge >= 0.3 is 366 Å². The van der Waals surface area contributed by atoms with E-state index in [9.17, 15) is 0 Å². The van der Waals surface area contributed by atoms with E-state index in [2.05, 4.69) is 181 Å². The molecule has 0 bridgehead atoms. The molecule has 0 heterocycles. The number of unbranched alkanes of at least 4 members (excludes halogenated alkanes) is 2. The van der Waals surface area contributed by atoms with Crippen molar-refractivity contribution in [2.45, 2.75) is 165 Å². The Morgan fingerprint density at radius 1 is 0.569 bits per heavy atom. The van der Waals surface area contributed by atoms with Gasteiger partial charge in [-0.15, -0.1) is 0 Å². The molecule has 0 saturated heterocycles. The van der Waals surface area contributed by atoms with Gasteiger partial charge in [0, 0.05) is 0 Å². The van der Waals surface area contributed by atoms with Crippen LogP contribution >= 0.6 is 17.0 Å². The van der Waals surface area contributed by atoms with Crippen molar-refractivity contribution in [1.82, 2.24) is 0 Å². The van der Waals surface area contributed by atoms with Crippen molar-refractivity contribution in [2.24, 2.45) is 0 Å². The van der Waals surface area contributed by atoms with E-state index in [1.165, 1.54) is 77.9 Å². The third-order valence-electron chi connectivity index (χ3n) is 13.7. The van der Waals surface area contributed by atoms with Crippen molar-refractivity contribution in [2.75, 3.05) is 0 Å². The number of rotatable bonds is 13. The molecule has 0 N–H and O–H groups in total. The van der Waals surface area contributed by atoms with E-state index in [1.54, 1.807) is 0 Å². The molecule has 311 valence electrons. The first-order valence-electron chi connectivity index (χ1n) is 22.7. The molecule has 0 aromatic heterocycles. The molecular formula is C54H73Cl2SiZr. The number of hydrogen-bond donors (Lipinski definition) is 0. The van der Waals surface area contributed by atoms with Gasteiger partial charge in [0.1, 0.15) is 0 Å². The van der Waals surface area contributed by atoms with Crippen LogP contribution < -0.4 is 0 Å². The Bertz CT molecular complexity index is 2070. The van der Waals surface area contributed by atoms with Crippen molar-refractivity contribution < 1.29 is 15.6 Å². The summed E-state index contributed by atoms with van der Waals surface area (Å²) in [5, 5.41) is 0. The molecule has 2 unspecified atom stereocenters. The van der Waals surface area contributed by atoms with Gasteiger partial charge < -0.3 is 0 Å². The molecule has 4 aromatic rings. The predicted octanol–water partition coefficient (Wildman–Crippen LogP) is 17.8. The van der Waals surface area contributed by atoms with E-state index >= 15 is 0 Å².